The van der Waals surface area contributed by atoms with Crippen molar-refractivity contribution in [3.63, 3.8) is 0 Å². The predicted octanol–water partition coefficient (Wildman–Crippen LogP) is 2.15. The van der Waals surface area contributed by atoms with E-state index in [9.17, 15) is 9.90 Å². The summed E-state index contributed by atoms with van der Waals surface area (Å²) in [5.41, 5.74) is -0.194. The molecule has 2 heteroatoms. The second-order valence-electron chi connectivity index (χ2n) is 4.78. The highest BCUT2D eigenvalue weighted by atomic mass is 16.3. The minimum absolute atomic E-state index is 0.126. The summed E-state index contributed by atoms with van der Waals surface area (Å²) in [6, 6.07) is 0. The van der Waals surface area contributed by atoms with Gasteiger partial charge in [-0.15, -0.1) is 0 Å². The van der Waals surface area contributed by atoms with E-state index >= 15 is 0 Å². The van der Waals surface area contributed by atoms with E-state index in [1.54, 1.807) is 6.92 Å². The lowest BCUT2D eigenvalue weighted by molar-refractivity contribution is -0.128. The molecule has 1 N–H and O–H groups in total. The zero-order chi connectivity index (χ0) is 10.1. The van der Waals surface area contributed by atoms with Gasteiger partial charge in [0, 0.05) is 5.41 Å². The van der Waals surface area contributed by atoms with Gasteiger partial charge in [-0.25, -0.2) is 0 Å². The number of aliphatic hydroxyl groups excluding tert-OH is 1. The van der Waals surface area contributed by atoms with E-state index in [1.165, 1.54) is 0 Å². The Bertz CT molecular complexity index is 188. The Hall–Kier alpha value is -0.370. The molecule has 1 rings (SSSR count). The summed E-state index contributed by atoms with van der Waals surface area (Å²) in [7, 11) is 0. The Morgan fingerprint density at radius 3 is 2.08 bits per heavy atom. The Morgan fingerprint density at radius 1 is 1.23 bits per heavy atom. The van der Waals surface area contributed by atoms with E-state index in [2.05, 4.69) is 0 Å². The number of Topliss-reactive ketones (excluding diaryl/α,β-unsaturated/α-hetero) is 1. The third-order valence-electron chi connectivity index (χ3n) is 3.62. The summed E-state index contributed by atoms with van der Waals surface area (Å²) in [6.07, 6.45) is 3.59. The van der Waals surface area contributed by atoms with E-state index in [0.717, 1.165) is 25.7 Å². The van der Waals surface area contributed by atoms with E-state index in [-0.39, 0.29) is 17.3 Å². The van der Waals surface area contributed by atoms with Gasteiger partial charge in [-0.05, 0) is 38.5 Å². The predicted molar refractivity (Wildman–Crippen MR) is 52.4 cm³/mol. The molecule has 13 heavy (non-hydrogen) atoms. The van der Waals surface area contributed by atoms with Gasteiger partial charge in [-0.3, -0.25) is 4.79 Å². The highest BCUT2D eigenvalue weighted by Crippen LogP contribution is 2.38. The monoisotopic (exact) mass is 184 g/mol. The lowest BCUT2D eigenvalue weighted by atomic mass is 9.69. The van der Waals surface area contributed by atoms with Crippen molar-refractivity contribution in [1.29, 1.82) is 0 Å². The average molecular weight is 184 g/mol. The van der Waals surface area contributed by atoms with Crippen LogP contribution in [0.3, 0.4) is 0 Å². The average Bonchev–Trinajstić information content (AvgIpc) is 2.04. The molecule has 0 aromatic rings. The van der Waals surface area contributed by atoms with Crippen molar-refractivity contribution >= 4 is 5.78 Å². The quantitative estimate of drug-likeness (QED) is 0.714. The first-order valence-electron chi connectivity index (χ1n) is 5.13. The van der Waals surface area contributed by atoms with Gasteiger partial charge in [0.1, 0.15) is 5.78 Å². The first-order chi connectivity index (χ1) is 5.94. The molecular formula is C11H20O2. The maximum Gasteiger partial charge on any atom is 0.135 e. The molecule has 0 bridgehead atoms. The molecule has 1 saturated carbocycles. The fourth-order valence-corrected chi connectivity index (χ4v) is 2.08. The van der Waals surface area contributed by atoms with Crippen molar-refractivity contribution in [2.75, 3.05) is 0 Å². The normalized spacial score (nSPS) is 30.2. The number of hydrogen-bond donors (Lipinski definition) is 1. The summed E-state index contributed by atoms with van der Waals surface area (Å²) in [5.74, 6) is 0.738. The number of carbonyl (C=O) groups excluding carboxylic acids is 1. The fourth-order valence-electron chi connectivity index (χ4n) is 2.08. The number of carbonyl (C=O) groups is 1. The van der Waals surface area contributed by atoms with Crippen LogP contribution in [0.1, 0.15) is 46.5 Å². The topological polar surface area (TPSA) is 37.3 Å². The molecule has 0 heterocycles. The lowest BCUT2D eigenvalue weighted by Crippen LogP contribution is -2.35. The van der Waals surface area contributed by atoms with Crippen LogP contribution in [0.5, 0.6) is 0 Å². The number of ketones is 1. The van der Waals surface area contributed by atoms with Gasteiger partial charge in [0.2, 0.25) is 0 Å². The van der Waals surface area contributed by atoms with Crippen LogP contribution in [-0.2, 0) is 4.79 Å². The van der Waals surface area contributed by atoms with E-state index in [0.29, 0.717) is 5.92 Å². The van der Waals surface area contributed by atoms with E-state index in [4.69, 9.17) is 0 Å². The molecule has 0 aromatic heterocycles. The SMILES string of the molecule is CC(=O)C(C)(C)C1CCC(O)CC1. The van der Waals surface area contributed by atoms with Crippen molar-refractivity contribution in [3.05, 3.63) is 0 Å². The van der Waals surface area contributed by atoms with Gasteiger partial charge >= 0.3 is 0 Å². The second-order valence-corrected chi connectivity index (χ2v) is 4.78. The maximum atomic E-state index is 11.4. The first-order valence-corrected chi connectivity index (χ1v) is 5.13. The molecule has 0 aliphatic heterocycles. The second kappa shape index (κ2) is 3.79. The van der Waals surface area contributed by atoms with E-state index < -0.39 is 0 Å². The van der Waals surface area contributed by atoms with Gasteiger partial charge in [0.25, 0.3) is 0 Å². The Balaban J connectivity index is 2.58. The molecule has 0 aromatic carbocycles. The van der Waals surface area contributed by atoms with Crippen LogP contribution in [0.2, 0.25) is 0 Å². The summed E-state index contributed by atoms with van der Waals surface area (Å²) in [6.45, 7) is 5.72. The van der Waals surface area contributed by atoms with Crippen LogP contribution in [0, 0.1) is 11.3 Å². The highest BCUT2D eigenvalue weighted by Gasteiger charge is 2.35. The van der Waals surface area contributed by atoms with Crippen LogP contribution >= 0.6 is 0 Å². The van der Waals surface area contributed by atoms with Gasteiger partial charge < -0.3 is 5.11 Å². The molecule has 0 atom stereocenters. The van der Waals surface area contributed by atoms with Crippen molar-refractivity contribution in [1.82, 2.24) is 0 Å². The summed E-state index contributed by atoms with van der Waals surface area (Å²) in [4.78, 5) is 11.4. The van der Waals surface area contributed by atoms with Crippen molar-refractivity contribution in [2.24, 2.45) is 11.3 Å². The zero-order valence-corrected chi connectivity index (χ0v) is 8.84. The summed E-state index contributed by atoms with van der Waals surface area (Å²) >= 11 is 0. The maximum absolute atomic E-state index is 11.4. The number of rotatable bonds is 2. The minimum Gasteiger partial charge on any atom is -0.393 e. The third kappa shape index (κ3) is 2.31. The number of hydrogen-bond acceptors (Lipinski definition) is 2. The molecule has 0 spiro atoms. The van der Waals surface area contributed by atoms with Crippen LogP contribution in [0.15, 0.2) is 0 Å². The smallest absolute Gasteiger partial charge is 0.135 e. The molecule has 0 saturated heterocycles. The van der Waals surface area contributed by atoms with Gasteiger partial charge in [0.15, 0.2) is 0 Å². The third-order valence-corrected chi connectivity index (χ3v) is 3.62. The molecule has 1 aliphatic rings. The summed E-state index contributed by atoms with van der Waals surface area (Å²) < 4.78 is 0. The molecule has 1 fully saturated rings. The fraction of sp³-hybridized carbons (Fsp3) is 0.909. The van der Waals surface area contributed by atoms with E-state index in [1.807, 2.05) is 13.8 Å². The van der Waals surface area contributed by atoms with Crippen LogP contribution in [-0.4, -0.2) is 17.0 Å². The first kappa shape index (κ1) is 10.7. The molecule has 76 valence electrons. The van der Waals surface area contributed by atoms with Crippen molar-refractivity contribution in [2.45, 2.75) is 52.6 Å². The van der Waals surface area contributed by atoms with Crippen molar-refractivity contribution < 1.29 is 9.90 Å². The largest absolute Gasteiger partial charge is 0.393 e. The van der Waals surface area contributed by atoms with Crippen LogP contribution < -0.4 is 0 Å². The van der Waals surface area contributed by atoms with Crippen molar-refractivity contribution in [3.8, 4) is 0 Å². The zero-order valence-electron chi connectivity index (χ0n) is 8.84. The highest BCUT2D eigenvalue weighted by molar-refractivity contribution is 5.81. The van der Waals surface area contributed by atoms with Gasteiger partial charge in [-0.1, -0.05) is 13.8 Å². The molecule has 0 amide bonds. The molecule has 1 aliphatic carbocycles. The molecule has 0 unspecified atom stereocenters. The number of aliphatic hydroxyl groups is 1. The van der Waals surface area contributed by atoms with Gasteiger partial charge in [-0.2, -0.15) is 0 Å². The summed E-state index contributed by atoms with van der Waals surface area (Å²) in [5, 5.41) is 9.35. The Kier molecular flexibility index (Phi) is 3.12. The standard InChI is InChI=1S/C11H20O2/c1-8(12)11(2,3)9-4-6-10(13)7-5-9/h9-10,13H,4-7H2,1-3H3. The Morgan fingerprint density at radius 2 is 1.69 bits per heavy atom. The minimum atomic E-state index is -0.194. The van der Waals surface area contributed by atoms with Gasteiger partial charge in [0.05, 0.1) is 6.10 Å². The Labute approximate surface area is 80.3 Å². The molecule has 2 nitrogen and oxygen atoms in total. The lowest BCUT2D eigenvalue weighted by Gasteiger charge is -2.36. The van der Waals surface area contributed by atoms with Crippen LogP contribution in [0.25, 0.3) is 0 Å². The van der Waals surface area contributed by atoms with Crippen LogP contribution in [0.4, 0.5) is 0 Å². The molecule has 0 radical (unpaired) electrons. The molecular weight excluding hydrogens is 164 g/mol.